The number of unbranched alkanes of at least 4 members (excludes halogenated alkanes) is 2. The van der Waals surface area contributed by atoms with Crippen molar-refractivity contribution in [3.63, 3.8) is 0 Å². The number of nitrogens with zero attached hydrogens (tertiary/aromatic N) is 2. The predicted molar refractivity (Wildman–Crippen MR) is 95.4 cm³/mol. The molecular weight excluding hydrogens is 324 g/mol. The molecule has 0 radical (unpaired) electrons. The Bertz CT molecular complexity index is 678. The second-order valence-electron chi connectivity index (χ2n) is 6.51. The highest BCUT2D eigenvalue weighted by Crippen LogP contribution is 2.22. The van der Waals surface area contributed by atoms with E-state index in [1.165, 1.54) is 4.31 Å². The number of carbonyl (C=O) groups excluding carboxylic acids is 1. The summed E-state index contributed by atoms with van der Waals surface area (Å²) < 4.78 is 27.2. The lowest BCUT2D eigenvalue weighted by Crippen LogP contribution is -2.50. The Labute approximate surface area is 145 Å². The van der Waals surface area contributed by atoms with Crippen molar-refractivity contribution in [1.82, 2.24) is 9.21 Å². The van der Waals surface area contributed by atoms with Crippen LogP contribution in [-0.4, -0.2) is 49.7 Å². The van der Waals surface area contributed by atoms with Crippen molar-refractivity contribution < 1.29 is 13.2 Å². The van der Waals surface area contributed by atoms with Crippen LogP contribution < -0.4 is 0 Å². The largest absolute Gasteiger partial charge is 0.340 e. The average molecular weight is 353 g/mol. The molecule has 1 fully saturated rings. The van der Waals surface area contributed by atoms with Gasteiger partial charge in [-0.05, 0) is 31.9 Å². The predicted octanol–water partition coefficient (Wildman–Crippen LogP) is 2.72. The van der Waals surface area contributed by atoms with Crippen LogP contribution >= 0.6 is 0 Å². The molecule has 0 atom stereocenters. The van der Waals surface area contributed by atoms with Crippen molar-refractivity contribution in [3.8, 4) is 0 Å². The van der Waals surface area contributed by atoms with Gasteiger partial charge in [0.2, 0.25) is 15.9 Å². The lowest BCUT2D eigenvalue weighted by atomic mass is 10.2. The van der Waals surface area contributed by atoms with E-state index in [-0.39, 0.29) is 5.91 Å². The average Bonchev–Trinajstić information content (AvgIpc) is 2.54. The normalized spacial score (nSPS) is 16.4. The molecule has 1 amide bonds. The second-order valence-corrected chi connectivity index (χ2v) is 8.42. The van der Waals surface area contributed by atoms with E-state index in [1.54, 1.807) is 11.0 Å². The number of hydrogen-bond acceptors (Lipinski definition) is 3. The SMILES string of the molecule is CCCCCC(=O)N1CCN(S(=O)(=O)c2ccc(C)cc2C)CC1. The Hall–Kier alpha value is -1.40. The van der Waals surface area contributed by atoms with Gasteiger partial charge in [0.1, 0.15) is 0 Å². The summed E-state index contributed by atoms with van der Waals surface area (Å²) in [4.78, 5) is 14.3. The quantitative estimate of drug-likeness (QED) is 0.740. The van der Waals surface area contributed by atoms with Gasteiger partial charge in [-0.3, -0.25) is 4.79 Å². The van der Waals surface area contributed by atoms with Crippen LogP contribution in [0.15, 0.2) is 23.1 Å². The second kappa shape index (κ2) is 8.12. The maximum atomic E-state index is 12.8. The molecule has 2 rings (SSSR count). The Kier molecular flexibility index (Phi) is 6.40. The zero-order chi connectivity index (χ0) is 17.7. The number of rotatable bonds is 6. The summed E-state index contributed by atoms with van der Waals surface area (Å²) in [7, 11) is -3.48. The monoisotopic (exact) mass is 352 g/mol. The summed E-state index contributed by atoms with van der Waals surface area (Å²) in [6.07, 6.45) is 3.63. The van der Waals surface area contributed by atoms with Crippen molar-refractivity contribution in [1.29, 1.82) is 0 Å². The Morgan fingerprint density at radius 3 is 2.33 bits per heavy atom. The molecule has 1 aromatic carbocycles. The number of sulfonamides is 1. The highest BCUT2D eigenvalue weighted by molar-refractivity contribution is 7.89. The molecule has 6 heteroatoms. The molecule has 0 aliphatic carbocycles. The van der Waals surface area contributed by atoms with Gasteiger partial charge in [0.15, 0.2) is 0 Å². The number of benzene rings is 1. The third-order valence-electron chi connectivity index (χ3n) is 4.53. The van der Waals surface area contributed by atoms with Crippen LogP contribution in [0, 0.1) is 13.8 Å². The van der Waals surface area contributed by atoms with Crippen LogP contribution in [0.25, 0.3) is 0 Å². The van der Waals surface area contributed by atoms with Gasteiger partial charge in [0, 0.05) is 32.6 Å². The summed E-state index contributed by atoms with van der Waals surface area (Å²) in [6.45, 7) is 7.59. The number of aryl methyl sites for hydroxylation is 2. The van der Waals surface area contributed by atoms with Crippen molar-refractivity contribution in [2.24, 2.45) is 0 Å². The van der Waals surface area contributed by atoms with E-state index in [4.69, 9.17) is 0 Å². The zero-order valence-corrected chi connectivity index (χ0v) is 15.7. The van der Waals surface area contributed by atoms with Gasteiger partial charge in [0.05, 0.1) is 4.90 Å². The molecule has 0 aromatic heterocycles. The fraction of sp³-hybridized carbons (Fsp3) is 0.611. The molecule has 1 aliphatic rings. The molecule has 24 heavy (non-hydrogen) atoms. The first-order valence-corrected chi connectivity index (χ1v) is 10.2. The Balaban J connectivity index is 1.99. The van der Waals surface area contributed by atoms with Gasteiger partial charge < -0.3 is 4.90 Å². The van der Waals surface area contributed by atoms with Crippen LogP contribution in [0.5, 0.6) is 0 Å². The van der Waals surface area contributed by atoms with E-state index >= 15 is 0 Å². The van der Waals surface area contributed by atoms with Gasteiger partial charge in [-0.2, -0.15) is 4.31 Å². The topological polar surface area (TPSA) is 57.7 Å². The van der Waals surface area contributed by atoms with Crippen LogP contribution in [0.1, 0.15) is 43.7 Å². The lowest BCUT2D eigenvalue weighted by Gasteiger charge is -2.34. The fourth-order valence-electron chi connectivity index (χ4n) is 3.09. The van der Waals surface area contributed by atoms with Crippen molar-refractivity contribution in [3.05, 3.63) is 29.3 Å². The first-order valence-electron chi connectivity index (χ1n) is 8.71. The molecule has 1 heterocycles. The zero-order valence-electron chi connectivity index (χ0n) is 14.9. The molecule has 1 aromatic rings. The van der Waals surface area contributed by atoms with Crippen LogP contribution in [-0.2, 0) is 14.8 Å². The third-order valence-corrected chi connectivity index (χ3v) is 6.59. The third kappa shape index (κ3) is 4.36. The molecule has 5 nitrogen and oxygen atoms in total. The first-order chi connectivity index (χ1) is 11.4. The van der Waals surface area contributed by atoms with Crippen molar-refractivity contribution in [2.75, 3.05) is 26.2 Å². The molecule has 0 bridgehead atoms. The van der Waals surface area contributed by atoms with E-state index in [2.05, 4.69) is 6.92 Å². The standard InChI is InChI=1S/C18H28N2O3S/c1-4-5-6-7-18(21)19-10-12-20(13-11-19)24(22,23)17-9-8-15(2)14-16(17)3/h8-9,14H,4-7,10-13H2,1-3H3. The summed E-state index contributed by atoms with van der Waals surface area (Å²) in [5, 5.41) is 0. The minimum atomic E-state index is -3.48. The van der Waals surface area contributed by atoms with E-state index in [1.807, 2.05) is 26.0 Å². The molecule has 1 aliphatic heterocycles. The summed E-state index contributed by atoms with van der Waals surface area (Å²) in [5.74, 6) is 0.145. The number of hydrogen-bond donors (Lipinski definition) is 0. The van der Waals surface area contributed by atoms with Gasteiger partial charge in [-0.25, -0.2) is 8.42 Å². The van der Waals surface area contributed by atoms with Gasteiger partial charge in [0.25, 0.3) is 0 Å². The summed E-state index contributed by atoms with van der Waals surface area (Å²) >= 11 is 0. The maximum absolute atomic E-state index is 12.8. The van der Waals surface area contributed by atoms with E-state index in [0.29, 0.717) is 37.5 Å². The number of piperazine rings is 1. The smallest absolute Gasteiger partial charge is 0.243 e. The fourth-order valence-corrected chi connectivity index (χ4v) is 4.72. The van der Waals surface area contributed by atoms with Gasteiger partial charge >= 0.3 is 0 Å². The molecule has 0 saturated carbocycles. The Morgan fingerprint density at radius 2 is 1.75 bits per heavy atom. The van der Waals surface area contributed by atoms with E-state index < -0.39 is 10.0 Å². The van der Waals surface area contributed by atoms with E-state index in [0.717, 1.165) is 30.4 Å². The van der Waals surface area contributed by atoms with E-state index in [9.17, 15) is 13.2 Å². The van der Waals surface area contributed by atoms with Crippen molar-refractivity contribution >= 4 is 15.9 Å². The highest BCUT2D eigenvalue weighted by atomic mass is 32.2. The van der Waals surface area contributed by atoms with Gasteiger partial charge in [-0.15, -0.1) is 0 Å². The summed E-state index contributed by atoms with van der Waals surface area (Å²) in [5.41, 5.74) is 1.82. The minimum Gasteiger partial charge on any atom is -0.340 e. The molecule has 1 saturated heterocycles. The maximum Gasteiger partial charge on any atom is 0.243 e. The number of carbonyl (C=O) groups is 1. The van der Waals surface area contributed by atoms with Crippen LogP contribution in [0.4, 0.5) is 0 Å². The number of amides is 1. The lowest BCUT2D eigenvalue weighted by molar-refractivity contribution is -0.132. The molecule has 0 spiro atoms. The molecule has 134 valence electrons. The van der Waals surface area contributed by atoms with Crippen molar-refractivity contribution in [2.45, 2.75) is 51.3 Å². The highest BCUT2D eigenvalue weighted by Gasteiger charge is 2.30. The van der Waals surface area contributed by atoms with Gasteiger partial charge in [-0.1, -0.05) is 37.5 Å². The Morgan fingerprint density at radius 1 is 1.08 bits per heavy atom. The molecule has 0 N–H and O–H groups in total. The first kappa shape index (κ1) is 18.9. The van der Waals surface area contributed by atoms with Crippen LogP contribution in [0.2, 0.25) is 0 Å². The minimum absolute atomic E-state index is 0.145. The summed E-state index contributed by atoms with van der Waals surface area (Å²) in [6, 6.07) is 5.40. The van der Waals surface area contributed by atoms with Crippen LogP contribution in [0.3, 0.4) is 0 Å². The molecular formula is C18H28N2O3S. The molecule has 0 unspecified atom stereocenters.